The summed E-state index contributed by atoms with van der Waals surface area (Å²) in [5.41, 5.74) is 6.44. The zero-order valence-corrected chi connectivity index (χ0v) is 15.0. The van der Waals surface area contributed by atoms with E-state index in [1.54, 1.807) is 0 Å². The van der Waals surface area contributed by atoms with Crippen LogP contribution in [0.3, 0.4) is 0 Å². The van der Waals surface area contributed by atoms with E-state index >= 15 is 0 Å². The molecular weight excluding hydrogens is 276 g/mol. The van der Waals surface area contributed by atoms with Gasteiger partial charge in [-0.05, 0) is 48.3 Å². The molecular formula is C23H30. The fraction of sp³-hybridized carbons (Fsp3) is 0.391. The van der Waals surface area contributed by atoms with E-state index < -0.39 is 0 Å². The molecule has 0 spiro atoms. The van der Waals surface area contributed by atoms with Crippen molar-refractivity contribution in [1.29, 1.82) is 0 Å². The highest BCUT2D eigenvalue weighted by molar-refractivity contribution is 5.49. The summed E-state index contributed by atoms with van der Waals surface area (Å²) in [7, 11) is 0. The Morgan fingerprint density at radius 1 is 1.09 bits per heavy atom. The molecule has 1 atom stereocenters. The zero-order chi connectivity index (χ0) is 17.0. The van der Waals surface area contributed by atoms with Gasteiger partial charge in [0.25, 0.3) is 0 Å². The normalized spacial score (nSPS) is 28.5. The predicted octanol–water partition coefficient (Wildman–Crippen LogP) is 6.87. The Labute approximate surface area is 142 Å². The van der Waals surface area contributed by atoms with E-state index in [1.165, 1.54) is 28.7 Å². The van der Waals surface area contributed by atoms with E-state index in [9.17, 15) is 0 Å². The Morgan fingerprint density at radius 3 is 2.57 bits per heavy atom. The summed E-state index contributed by atoms with van der Waals surface area (Å²) in [5.74, 6) is 0.381. The van der Waals surface area contributed by atoms with E-state index in [4.69, 9.17) is 0 Å². The molecule has 1 unspecified atom stereocenters. The van der Waals surface area contributed by atoms with Crippen LogP contribution in [-0.4, -0.2) is 0 Å². The molecule has 0 aromatic heterocycles. The lowest BCUT2D eigenvalue weighted by molar-refractivity contribution is 0.513. The van der Waals surface area contributed by atoms with Crippen molar-refractivity contribution in [3.8, 4) is 0 Å². The monoisotopic (exact) mass is 306 g/mol. The van der Waals surface area contributed by atoms with Gasteiger partial charge < -0.3 is 0 Å². The molecule has 0 aliphatic heterocycles. The molecule has 0 nitrogen and oxygen atoms in total. The third-order valence-corrected chi connectivity index (χ3v) is 5.12. The molecule has 2 aliphatic rings. The SMILES string of the molecule is C=C1/C=C\C=C/CCCC2=C(C(=C)C1)C(C)C=CC(=C)C2(C)C. The summed E-state index contributed by atoms with van der Waals surface area (Å²) in [5, 5.41) is 0. The first-order valence-corrected chi connectivity index (χ1v) is 8.64. The Hall–Kier alpha value is -1.82. The minimum Gasteiger partial charge on any atom is -0.0955 e. The van der Waals surface area contributed by atoms with Gasteiger partial charge in [-0.15, -0.1) is 0 Å². The van der Waals surface area contributed by atoms with Crippen LogP contribution >= 0.6 is 0 Å². The topological polar surface area (TPSA) is 0 Å². The van der Waals surface area contributed by atoms with E-state index in [0.29, 0.717) is 5.92 Å². The van der Waals surface area contributed by atoms with Crippen molar-refractivity contribution in [3.63, 3.8) is 0 Å². The summed E-state index contributed by atoms with van der Waals surface area (Å²) in [4.78, 5) is 0. The van der Waals surface area contributed by atoms with E-state index in [-0.39, 0.29) is 5.41 Å². The molecule has 0 heterocycles. The minimum absolute atomic E-state index is 0.00939. The summed E-state index contributed by atoms with van der Waals surface area (Å²) < 4.78 is 0. The highest BCUT2D eigenvalue weighted by Gasteiger charge is 2.31. The first-order valence-electron chi connectivity index (χ1n) is 8.64. The van der Waals surface area contributed by atoms with Gasteiger partial charge in [-0.3, -0.25) is 0 Å². The van der Waals surface area contributed by atoms with Crippen LogP contribution in [0.1, 0.15) is 46.5 Å². The third kappa shape index (κ3) is 3.93. The lowest BCUT2D eigenvalue weighted by Crippen LogP contribution is -2.19. The van der Waals surface area contributed by atoms with Gasteiger partial charge in [-0.1, -0.05) is 88.1 Å². The van der Waals surface area contributed by atoms with Crippen LogP contribution in [0.2, 0.25) is 0 Å². The molecule has 23 heavy (non-hydrogen) atoms. The molecule has 0 amide bonds. The Bertz CT molecular complexity index is 629. The van der Waals surface area contributed by atoms with Crippen molar-refractivity contribution in [3.05, 3.63) is 84.1 Å². The van der Waals surface area contributed by atoms with Gasteiger partial charge in [-0.25, -0.2) is 0 Å². The molecule has 2 aliphatic carbocycles. The number of hydrogen-bond donors (Lipinski definition) is 0. The lowest BCUT2D eigenvalue weighted by Gasteiger charge is -2.32. The molecule has 0 aromatic carbocycles. The first kappa shape index (κ1) is 17.5. The average molecular weight is 306 g/mol. The van der Waals surface area contributed by atoms with Crippen molar-refractivity contribution in [2.24, 2.45) is 11.3 Å². The maximum Gasteiger partial charge on any atom is 0.0105 e. The second-order valence-corrected chi connectivity index (χ2v) is 7.31. The molecule has 0 N–H and O–H groups in total. The van der Waals surface area contributed by atoms with Gasteiger partial charge in [0.05, 0.1) is 0 Å². The van der Waals surface area contributed by atoms with Gasteiger partial charge in [0.2, 0.25) is 0 Å². The molecule has 0 fully saturated rings. The van der Waals surface area contributed by atoms with E-state index in [1.807, 2.05) is 0 Å². The third-order valence-electron chi connectivity index (χ3n) is 5.12. The minimum atomic E-state index is -0.00939. The number of rotatable bonds is 0. The quantitative estimate of drug-likeness (QED) is 0.458. The van der Waals surface area contributed by atoms with Crippen LogP contribution in [0.25, 0.3) is 0 Å². The average Bonchev–Trinajstić information content (AvgIpc) is 2.55. The highest BCUT2D eigenvalue weighted by Crippen LogP contribution is 2.45. The molecule has 0 aromatic rings. The van der Waals surface area contributed by atoms with E-state index in [2.05, 4.69) is 77.0 Å². The van der Waals surface area contributed by atoms with E-state index in [0.717, 1.165) is 24.8 Å². The lowest BCUT2D eigenvalue weighted by atomic mass is 9.72. The van der Waals surface area contributed by atoms with Crippen molar-refractivity contribution in [1.82, 2.24) is 0 Å². The smallest absolute Gasteiger partial charge is 0.0105 e. The van der Waals surface area contributed by atoms with Gasteiger partial charge in [-0.2, -0.15) is 0 Å². The highest BCUT2D eigenvalue weighted by atomic mass is 14.4. The van der Waals surface area contributed by atoms with Crippen LogP contribution in [-0.2, 0) is 0 Å². The summed E-state index contributed by atoms with van der Waals surface area (Å²) in [6, 6.07) is 0. The summed E-state index contributed by atoms with van der Waals surface area (Å²) in [6.45, 7) is 19.8. The Kier molecular flexibility index (Phi) is 5.46. The summed E-state index contributed by atoms with van der Waals surface area (Å²) >= 11 is 0. The standard InChI is InChI=1S/C23H30/c1-17-12-10-8-7-9-11-13-21-22(19(3)16-17)18(2)14-15-20(4)23(21,5)6/h7-8,10,12,14-15,18H,1,3-4,9,11,13,16H2,2,5-6H3/b8-7-,12-10-. The summed E-state index contributed by atoms with van der Waals surface area (Å²) in [6.07, 6.45) is 17.3. The van der Waals surface area contributed by atoms with Crippen molar-refractivity contribution >= 4 is 0 Å². The second kappa shape index (κ2) is 7.17. The fourth-order valence-corrected chi connectivity index (χ4v) is 3.54. The molecule has 0 saturated carbocycles. The Morgan fingerprint density at radius 2 is 1.83 bits per heavy atom. The van der Waals surface area contributed by atoms with Crippen LogP contribution in [0, 0.1) is 11.3 Å². The Balaban J connectivity index is 2.54. The van der Waals surface area contributed by atoms with Crippen molar-refractivity contribution < 1.29 is 0 Å². The predicted molar refractivity (Wildman–Crippen MR) is 103 cm³/mol. The second-order valence-electron chi connectivity index (χ2n) is 7.31. The van der Waals surface area contributed by atoms with Crippen molar-refractivity contribution in [2.45, 2.75) is 46.5 Å². The number of allylic oxidation sites excluding steroid dienone is 11. The van der Waals surface area contributed by atoms with Crippen molar-refractivity contribution in [2.75, 3.05) is 0 Å². The first-order chi connectivity index (χ1) is 10.8. The molecule has 0 heteroatoms. The molecule has 0 radical (unpaired) electrons. The molecule has 2 rings (SSSR count). The largest absolute Gasteiger partial charge is 0.0955 e. The molecule has 0 bridgehead atoms. The van der Waals surface area contributed by atoms with Gasteiger partial charge in [0.1, 0.15) is 0 Å². The van der Waals surface area contributed by atoms with Crippen LogP contribution in [0.15, 0.2) is 84.1 Å². The maximum atomic E-state index is 4.43. The van der Waals surface area contributed by atoms with Gasteiger partial charge in [0, 0.05) is 5.41 Å². The van der Waals surface area contributed by atoms with Crippen LogP contribution in [0.5, 0.6) is 0 Å². The van der Waals surface area contributed by atoms with Crippen LogP contribution < -0.4 is 0 Å². The fourth-order valence-electron chi connectivity index (χ4n) is 3.54. The molecule has 0 saturated heterocycles. The number of hydrogen-bond acceptors (Lipinski definition) is 0. The zero-order valence-electron chi connectivity index (χ0n) is 15.0. The van der Waals surface area contributed by atoms with Gasteiger partial charge >= 0.3 is 0 Å². The maximum absolute atomic E-state index is 4.43. The molecule has 122 valence electrons. The van der Waals surface area contributed by atoms with Gasteiger partial charge in [0.15, 0.2) is 0 Å². The van der Waals surface area contributed by atoms with Crippen LogP contribution in [0.4, 0.5) is 0 Å².